The van der Waals surface area contributed by atoms with Gasteiger partial charge in [0.2, 0.25) is 5.91 Å². The first-order valence-corrected chi connectivity index (χ1v) is 17.1. The van der Waals surface area contributed by atoms with Crippen LogP contribution in [0, 0.1) is 17.0 Å². The van der Waals surface area contributed by atoms with Crippen LogP contribution >= 0.6 is 24.4 Å². The normalized spacial score (nSPS) is 13.3. The van der Waals surface area contributed by atoms with Crippen LogP contribution in [0.15, 0.2) is 71.8 Å². The van der Waals surface area contributed by atoms with E-state index in [-0.39, 0.29) is 47.6 Å². The van der Waals surface area contributed by atoms with E-state index in [1.165, 1.54) is 24.3 Å². The second kappa shape index (κ2) is 15.8. The lowest BCUT2D eigenvalue weighted by atomic mass is 9.88. The molecule has 47 heavy (non-hydrogen) atoms. The van der Waals surface area contributed by atoms with Crippen molar-refractivity contribution in [3.05, 3.63) is 89.6 Å². The van der Waals surface area contributed by atoms with Crippen molar-refractivity contribution in [1.29, 1.82) is 0 Å². The van der Waals surface area contributed by atoms with Gasteiger partial charge in [0.15, 0.2) is 23.1 Å². The summed E-state index contributed by atoms with van der Waals surface area (Å²) in [6, 6.07) is 15.5. The Labute approximate surface area is 282 Å². The molecule has 1 aliphatic rings. The summed E-state index contributed by atoms with van der Waals surface area (Å²) in [6.45, 7) is 0.638. The Bertz CT molecular complexity index is 1760. The Morgan fingerprint density at radius 3 is 2.30 bits per heavy atom. The fraction of sp³-hybridized carbons (Fsp3) is 0.333. The number of fused-ring (bicyclic) bond motifs is 1. The number of aromatic nitrogens is 1. The molecule has 3 aromatic carbocycles. The second-order valence-electron chi connectivity index (χ2n) is 11.5. The number of ketones is 2. The molecule has 0 spiro atoms. The number of methoxy groups -OCH3 is 1. The monoisotopic (exact) mass is 678 g/mol. The van der Waals surface area contributed by atoms with Gasteiger partial charge >= 0.3 is 0 Å². The molecule has 0 atom stereocenters. The highest BCUT2D eigenvalue weighted by Crippen LogP contribution is 2.49. The third-order valence-corrected chi connectivity index (χ3v) is 9.62. The van der Waals surface area contributed by atoms with E-state index >= 15 is 4.39 Å². The highest BCUT2D eigenvalue weighted by molar-refractivity contribution is 7.99. The van der Waals surface area contributed by atoms with Gasteiger partial charge in [-0.2, -0.15) is 12.6 Å². The number of thiol groups is 1. The number of nitrogens with zero attached hydrogens (tertiary/aromatic N) is 1. The van der Waals surface area contributed by atoms with Crippen LogP contribution in [0.3, 0.4) is 0 Å². The third kappa shape index (κ3) is 8.70. The van der Waals surface area contributed by atoms with E-state index in [0.717, 1.165) is 29.9 Å². The highest BCUT2D eigenvalue weighted by atomic mass is 32.2. The number of nitrogens with one attached hydrogen (secondary N) is 1. The molecular formula is C36H36F2N2O5S2. The molecule has 1 saturated carbocycles. The van der Waals surface area contributed by atoms with Crippen LogP contribution in [-0.2, 0) is 27.2 Å². The zero-order valence-corrected chi connectivity index (χ0v) is 27.7. The van der Waals surface area contributed by atoms with Gasteiger partial charge in [-0.15, -0.1) is 11.8 Å². The van der Waals surface area contributed by atoms with Crippen molar-refractivity contribution in [1.82, 2.24) is 10.3 Å². The van der Waals surface area contributed by atoms with Crippen molar-refractivity contribution < 1.29 is 32.6 Å². The van der Waals surface area contributed by atoms with Crippen LogP contribution in [0.5, 0.6) is 17.2 Å². The SMILES string of the molecule is COc1cc2c(Oc3ccc(CC(=O)C4(C(=O)Cc5ccc(F)cc5)CC4)cc3F)ccnc2cc1SCCCCCNC(=O)CS. The lowest BCUT2D eigenvalue weighted by molar-refractivity contribution is -0.134. The van der Waals surface area contributed by atoms with Gasteiger partial charge in [-0.1, -0.05) is 24.6 Å². The number of thioether (sulfide) groups is 1. The summed E-state index contributed by atoms with van der Waals surface area (Å²) in [7, 11) is 1.59. The quantitative estimate of drug-likeness (QED) is 0.0523. The maximum Gasteiger partial charge on any atom is 0.229 e. The number of benzene rings is 3. The second-order valence-corrected chi connectivity index (χ2v) is 13.0. The molecule has 1 aliphatic carbocycles. The molecule has 1 heterocycles. The molecule has 0 saturated heterocycles. The number of carbonyl (C=O) groups excluding carboxylic acids is 3. The molecule has 0 radical (unpaired) electrons. The Morgan fingerprint density at radius 2 is 1.62 bits per heavy atom. The van der Waals surface area contributed by atoms with Gasteiger partial charge in [-0.3, -0.25) is 19.4 Å². The number of carbonyl (C=O) groups is 3. The van der Waals surface area contributed by atoms with Crippen molar-refractivity contribution in [3.8, 4) is 17.2 Å². The summed E-state index contributed by atoms with van der Waals surface area (Å²) in [5, 5.41) is 3.47. The lowest BCUT2D eigenvalue weighted by Gasteiger charge is -2.15. The third-order valence-electron chi connectivity index (χ3n) is 8.21. The fourth-order valence-corrected chi connectivity index (χ4v) is 6.52. The van der Waals surface area contributed by atoms with Gasteiger partial charge < -0.3 is 14.8 Å². The summed E-state index contributed by atoms with van der Waals surface area (Å²) in [6.07, 6.45) is 5.34. The van der Waals surface area contributed by atoms with Crippen molar-refractivity contribution in [2.24, 2.45) is 5.41 Å². The minimum absolute atomic E-state index is 0.00908. The number of amides is 1. The highest BCUT2D eigenvalue weighted by Gasteiger charge is 2.54. The Hall–Kier alpha value is -3.96. The fourth-order valence-electron chi connectivity index (χ4n) is 5.36. The smallest absolute Gasteiger partial charge is 0.229 e. The predicted molar refractivity (Wildman–Crippen MR) is 182 cm³/mol. The number of rotatable bonds is 17. The molecule has 11 heteroatoms. The van der Waals surface area contributed by atoms with E-state index < -0.39 is 11.2 Å². The number of pyridine rings is 1. The Balaban J connectivity index is 1.21. The first-order valence-electron chi connectivity index (χ1n) is 15.5. The molecule has 4 aromatic rings. The van der Waals surface area contributed by atoms with E-state index in [9.17, 15) is 18.8 Å². The van der Waals surface area contributed by atoms with Crippen molar-refractivity contribution in [2.45, 2.75) is 49.8 Å². The average Bonchev–Trinajstić information content (AvgIpc) is 3.89. The Kier molecular flexibility index (Phi) is 11.5. The molecular weight excluding hydrogens is 643 g/mol. The topological polar surface area (TPSA) is 94.6 Å². The van der Waals surface area contributed by atoms with Crippen LogP contribution < -0.4 is 14.8 Å². The van der Waals surface area contributed by atoms with E-state index in [2.05, 4.69) is 22.9 Å². The minimum atomic E-state index is -1.06. The first-order chi connectivity index (χ1) is 22.7. The van der Waals surface area contributed by atoms with Gasteiger partial charge in [0.1, 0.15) is 17.3 Å². The van der Waals surface area contributed by atoms with Gasteiger partial charge in [-0.25, -0.2) is 8.78 Å². The number of hydrogen-bond acceptors (Lipinski definition) is 8. The molecule has 1 aromatic heterocycles. The molecule has 5 rings (SSSR count). The standard InChI is InChI=1S/C36H36F2N2O5S2/c1-44-31-20-26-28(21-32(31)47-16-4-2-3-14-40-35(43)22-46)39-15-11-29(26)45-30-10-7-24(17-27(30)38)19-34(42)36(12-13-36)33(41)18-23-5-8-25(37)9-6-23/h5-11,15,17,20-21,46H,2-4,12-14,16,18-19,22H2,1H3,(H,40,43). The van der Waals surface area contributed by atoms with Crippen molar-refractivity contribution >= 4 is 52.8 Å². The molecule has 1 N–H and O–H groups in total. The Morgan fingerprint density at radius 1 is 0.894 bits per heavy atom. The first kappa shape index (κ1) is 34.4. The number of Topliss-reactive ketones (excluding diaryl/α,β-unsaturated/α-hetero) is 2. The number of ether oxygens (including phenoxy) is 2. The molecule has 7 nitrogen and oxygen atoms in total. The minimum Gasteiger partial charge on any atom is -0.496 e. The van der Waals surface area contributed by atoms with Crippen molar-refractivity contribution in [2.75, 3.05) is 25.2 Å². The summed E-state index contributed by atoms with van der Waals surface area (Å²) < 4.78 is 40.2. The predicted octanol–water partition coefficient (Wildman–Crippen LogP) is 7.33. The average molecular weight is 679 g/mol. The summed E-state index contributed by atoms with van der Waals surface area (Å²) in [5.41, 5.74) is 0.713. The van der Waals surface area contributed by atoms with Gasteiger partial charge in [0.25, 0.3) is 0 Å². The van der Waals surface area contributed by atoms with Gasteiger partial charge in [0.05, 0.1) is 28.7 Å². The number of unbranched alkanes of at least 4 members (excludes halogenated alkanes) is 2. The maximum atomic E-state index is 15.3. The molecule has 0 unspecified atom stereocenters. The molecule has 1 fully saturated rings. The van der Waals surface area contributed by atoms with Crippen LogP contribution in [0.1, 0.15) is 43.2 Å². The van der Waals surface area contributed by atoms with E-state index in [1.807, 2.05) is 12.1 Å². The maximum absolute atomic E-state index is 15.3. The number of hydrogen-bond donors (Lipinski definition) is 2. The summed E-state index contributed by atoms with van der Waals surface area (Å²) in [5.74, 6) is 0.580. The van der Waals surface area contributed by atoms with Crippen LogP contribution in [0.4, 0.5) is 8.78 Å². The molecule has 1 amide bonds. The molecule has 246 valence electrons. The van der Waals surface area contributed by atoms with Crippen LogP contribution in [0.25, 0.3) is 10.9 Å². The summed E-state index contributed by atoms with van der Waals surface area (Å²) >= 11 is 5.61. The molecule has 0 aliphatic heterocycles. The van der Waals surface area contributed by atoms with E-state index in [1.54, 1.807) is 49.3 Å². The molecule has 0 bridgehead atoms. The number of halogens is 2. The van der Waals surface area contributed by atoms with Crippen molar-refractivity contribution in [3.63, 3.8) is 0 Å². The van der Waals surface area contributed by atoms with Gasteiger partial charge in [-0.05, 0) is 85.0 Å². The summed E-state index contributed by atoms with van der Waals surface area (Å²) in [4.78, 5) is 42.9. The van der Waals surface area contributed by atoms with Gasteiger partial charge in [0, 0.05) is 31.0 Å². The zero-order valence-electron chi connectivity index (χ0n) is 26.0. The van der Waals surface area contributed by atoms with Crippen LogP contribution in [-0.4, -0.2) is 47.6 Å². The van der Waals surface area contributed by atoms with E-state index in [4.69, 9.17) is 9.47 Å². The van der Waals surface area contributed by atoms with E-state index in [0.29, 0.717) is 52.9 Å². The largest absolute Gasteiger partial charge is 0.496 e. The van der Waals surface area contributed by atoms with Crippen LogP contribution in [0.2, 0.25) is 0 Å². The lowest BCUT2D eigenvalue weighted by Crippen LogP contribution is -2.28. The zero-order chi connectivity index (χ0) is 33.4.